The fourth-order valence-corrected chi connectivity index (χ4v) is 2.58. The summed E-state index contributed by atoms with van der Waals surface area (Å²) in [5.74, 6) is -0.158. The van der Waals surface area contributed by atoms with Gasteiger partial charge < -0.3 is 15.3 Å². The van der Waals surface area contributed by atoms with Crippen LogP contribution in [0, 0.1) is 0 Å². The zero-order valence-electron chi connectivity index (χ0n) is 12.0. The van der Waals surface area contributed by atoms with Crippen molar-refractivity contribution in [1.82, 2.24) is 4.90 Å². The Morgan fingerprint density at radius 3 is 2.55 bits per heavy atom. The predicted molar refractivity (Wildman–Crippen MR) is 83.0 cm³/mol. The van der Waals surface area contributed by atoms with E-state index in [2.05, 4.69) is 5.32 Å². The van der Waals surface area contributed by atoms with Gasteiger partial charge in [-0.2, -0.15) is 0 Å². The van der Waals surface area contributed by atoms with Crippen LogP contribution in [0.5, 0.6) is 0 Å². The molecule has 0 unspecified atom stereocenters. The molecule has 0 aromatic heterocycles. The molecule has 2 aromatic rings. The second-order valence-corrected chi connectivity index (χ2v) is 5.26. The average molecular weight is 296 g/mol. The molecule has 0 aliphatic carbocycles. The van der Waals surface area contributed by atoms with Crippen molar-refractivity contribution >= 4 is 17.7 Å². The Kier molecular flexibility index (Phi) is 3.78. The van der Waals surface area contributed by atoms with E-state index in [1.165, 1.54) is 4.90 Å². The molecule has 1 aliphatic heterocycles. The van der Waals surface area contributed by atoms with Crippen LogP contribution in [-0.2, 0) is 13.0 Å². The predicted octanol–water partition coefficient (Wildman–Crippen LogP) is 2.98. The van der Waals surface area contributed by atoms with E-state index in [-0.39, 0.29) is 5.91 Å². The number of nitrogens with one attached hydrogen (secondary N) is 1. The van der Waals surface area contributed by atoms with E-state index in [0.29, 0.717) is 25.1 Å². The Hall–Kier alpha value is -2.82. The molecule has 1 heterocycles. The number of fused-ring (bicyclic) bond motifs is 1. The van der Waals surface area contributed by atoms with Crippen LogP contribution in [0.4, 0.5) is 10.5 Å². The van der Waals surface area contributed by atoms with Crippen LogP contribution in [-0.4, -0.2) is 28.6 Å². The number of hydrogen-bond acceptors (Lipinski definition) is 2. The van der Waals surface area contributed by atoms with E-state index < -0.39 is 6.09 Å². The highest BCUT2D eigenvalue weighted by Gasteiger charge is 2.20. The summed E-state index contributed by atoms with van der Waals surface area (Å²) in [7, 11) is 0. The van der Waals surface area contributed by atoms with Crippen molar-refractivity contribution in [3.8, 4) is 0 Å². The number of carbonyl (C=O) groups excluding carboxylic acids is 1. The molecule has 5 nitrogen and oxygen atoms in total. The molecule has 0 bridgehead atoms. The van der Waals surface area contributed by atoms with E-state index in [9.17, 15) is 9.59 Å². The zero-order valence-corrected chi connectivity index (χ0v) is 12.0. The number of para-hydroxylation sites is 1. The maximum absolute atomic E-state index is 12.3. The summed E-state index contributed by atoms with van der Waals surface area (Å²) in [6, 6.07) is 14.7. The van der Waals surface area contributed by atoms with Gasteiger partial charge in [-0.25, -0.2) is 4.79 Å². The maximum atomic E-state index is 12.3. The van der Waals surface area contributed by atoms with Crippen LogP contribution in [0.15, 0.2) is 48.5 Å². The molecule has 1 aliphatic rings. The summed E-state index contributed by atoms with van der Waals surface area (Å²) in [6.45, 7) is 0.845. The highest BCUT2D eigenvalue weighted by Crippen LogP contribution is 2.21. The molecule has 3 rings (SSSR count). The minimum absolute atomic E-state index is 0.158. The molecule has 0 fully saturated rings. The highest BCUT2D eigenvalue weighted by molar-refractivity contribution is 6.04. The van der Waals surface area contributed by atoms with Gasteiger partial charge in [0.25, 0.3) is 5.91 Å². The summed E-state index contributed by atoms with van der Waals surface area (Å²) in [5.41, 5.74) is 3.34. The fraction of sp³-hybridized carbons (Fsp3) is 0.176. The SMILES string of the molecule is O=C(Nc1ccccc1)c1ccc2c(c1)CCN(C(=O)O)C2. The topological polar surface area (TPSA) is 69.6 Å². The van der Waals surface area contributed by atoms with Crippen LogP contribution < -0.4 is 5.32 Å². The standard InChI is InChI=1S/C17H16N2O3/c20-16(18-15-4-2-1-3-5-15)13-6-7-14-11-19(17(21)22)9-8-12(14)10-13/h1-7,10H,8-9,11H2,(H,18,20)(H,21,22). The smallest absolute Gasteiger partial charge is 0.407 e. The zero-order chi connectivity index (χ0) is 15.5. The van der Waals surface area contributed by atoms with Gasteiger partial charge >= 0.3 is 6.09 Å². The Morgan fingerprint density at radius 1 is 1.05 bits per heavy atom. The molecule has 0 radical (unpaired) electrons. The largest absolute Gasteiger partial charge is 0.465 e. The van der Waals surface area contributed by atoms with Crippen LogP contribution in [0.25, 0.3) is 0 Å². The number of anilines is 1. The third kappa shape index (κ3) is 2.93. The van der Waals surface area contributed by atoms with Gasteiger partial charge in [0.1, 0.15) is 0 Å². The van der Waals surface area contributed by atoms with E-state index in [0.717, 1.165) is 16.8 Å². The molecule has 0 saturated heterocycles. The Bertz CT molecular complexity index is 713. The van der Waals surface area contributed by atoms with Crippen LogP contribution >= 0.6 is 0 Å². The summed E-state index contributed by atoms with van der Waals surface area (Å²) in [5, 5.41) is 11.9. The van der Waals surface area contributed by atoms with E-state index in [1.54, 1.807) is 6.07 Å². The van der Waals surface area contributed by atoms with Crippen molar-refractivity contribution in [3.05, 3.63) is 65.2 Å². The van der Waals surface area contributed by atoms with Crippen molar-refractivity contribution in [1.29, 1.82) is 0 Å². The Labute approximate surface area is 128 Å². The van der Waals surface area contributed by atoms with E-state index in [4.69, 9.17) is 5.11 Å². The van der Waals surface area contributed by atoms with Crippen molar-refractivity contribution < 1.29 is 14.7 Å². The van der Waals surface area contributed by atoms with Gasteiger partial charge in [0.2, 0.25) is 0 Å². The number of hydrogen-bond donors (Lipinski definition) is 2. The minimum atomic E-state index is -0.906. The lowest BCUT2D eigenvalue weighted by Gasteiger charge is -2.26. The molecule has 112 valence electrons. The number of rotatable bonds is 2. The van der Waals surface area contributed by atoms with Crippen LogP contribution in [0.1, 0.15) is 21.5 Å². The lowest BCUT2D eigenvalue weighted by Crippen LogP contribution is -2.34. The van der Waals surface area contributed by atoms with Crippen molar-refractivity contribution in [3.63, 3.8) is 0 Å². The summed E-state index contributed by atoms with van der Waals surface area (Å²) >= 11 is 0. The Morgan fingerprint density at radius 2 is 1.82 bits per heavy atom. The molecular formula is C17H16N2O3. The monoisotopic (exact) mass is 296 g/mol. The van der Waals surface area contributed by atoms with Gasteiger partial charge in [-0.3, -0.25) is 4.79 Å². The van der Waals surface area contributed by atoms with Gasteiger partial charge in [0, 0.05) is 24.3 Å². The van der Waals surface area contributed by atoms with Gasteiger partial charge in [0.05, 0.1) is 0 Å². The number of amides is 2. The van der Waals surface area contributed by atoms with Gasteiger partial charge in [-0.15, -0.1) is 0 Å². The molecule has 2 N–H and O–H groups in total. The fourth-order valence-electron chi connectivity index (χ4n) is 2.58. The first-order valence-corrected chi connectivity index (χ1v) is 7.09. The molecule has 22 heavy (non-hydrogen) atoms. The minimum Gasteiger partial charge on any atom is -0.465 e. The number of carboxylic acid groups (broad SMARTS) is 1. The van der Waals surface area contributed by atoms with Gasteiger partial charge in [-0.05, 0) is 41.8 Å². The molecule has 5 heteroatoms. The maximum Gasteiger partial charge on any atom is 0.407 e. The molecule has 0 atom stereocenters. The number of carbonyl (C=O) groups is 2. The van der Waals surface area contributed by atoms with Gasteiger partial charge in [-0.1, -0.05) is 24.3 Å². The van der Waals surface area contributed by atoms with E-state index in [1.807, 2.05) is 42.5 Å². The van der Waals surface area contributed by atoms with Crippen LogP contribution in [0.2, 0.25) is 0 Å². The molecule has 0 saturated carbocycles. The first-order chi connectivity index (χ1) is 10.6. The van der Waals surface area contributed by atoms with Crippen molar-refractivity contribution in [2.45, 2.75) is 13.0 Å². The molecule has 0 spiro atoms. The average Bonchev–Trinajstić information content (AvgIpc) is 2.54. The summed E-state index contributed by atoms with van der Waals surface area (Å²) < 4.78 is 0. The molecule has 2 aromatic carbocycles. The quantitative estimate of drug-likeness (QED) is 0.895. The molecule has 2 amide bonds. The lowest BCUT2D eigenvalue weighted by atomic mass is 9.97. The van der Waals surface area contributed by atoms with E-state index >= 15 is 0 Å². The lowest BCUT2D eigenvalue weighted by molar-refractivity contribution is 0.102. The van der Waals surface area contributed by atoms with Crippen molar-refractivity contribution in [2.75, 3.05) is 11.9 Å². The second-order valence-electron chi connectivity index (χ2n) is 5.26. The van der Waals surface area contributed by atoms with Crippen LogP contribution in [0.3, 0.4) is 0 Å². The third-order valence-electron chi connectivity index (χ3n) is 3.78. The summed E-state index contributed by atoms with van der Waals surface area (Å²) in [6.07, 6.45) is -0.273. The van der Waals surface area contributed by atoms with Crippen molar-refractivity contribution in [2.24, 2.45) is 0 Å². The van der Waals surface area contributed by atoms with Gasteiger partial charge in [0.15, 0.2) is 0 Å². The Balaban J connectivity index is 1.77. The normalized spacial score (nSPS) is 13.4. The number of benzene rings is 2. The number of nitrogens with zero attached hydrogens (tertiary/aromatic N) is 1. The second kappa shape index (κ2) is 5.89. The first kappa shape index (κ1) is 14.1. The molecular weight excluding hydrogens is 280 g/mol. The first-order valence-electron chi connectivity index (χ1n) is 7.09. The third-order valence-corrected chi connectivity index (χ3v) is 3.78. The summed E-state index contributed by atoms with van der Waals surface area (Å²) in [4.78, 5) is 24.6. The highest BCUT2D eigenvalue weighted by atomic mass is 16.4.